The van der Waals surface area contributed by atoms with E-state index in [1.165, 1.54) is 6.42 Å². The highest BCUT2D eigenvalue weighted by atomic mass is 16.1. The van der Waals surface area contributed by atoms with E-state index in [0.29, 0.717) is 12.5 Å². The number of anilines is 2. The van der Waals surface area contributed by atoms with Crippen LogP contribution < -0.4 is 16.0 Å². The van der Waals surface area contributed by atoms with Crippen LogP contribution >= 0.6 is 0 Å². The van der Waals surface area contributed by atoms with Gasteiger partial charge in [0.05, 0.1) is 6.42 Å². The molecule has 96 valence electrons. The van der Waals surface area contributed by atoms with Crippen molar-refractivity contribution in [2.45, 2.75) is 37.8 Å². The molecule has 0 spiro atoms. The van der Waals surface area contributed by atoms with Gasteiger partial charge in [-0.3, -0.25) is 4.79 Å². The number of likely N-dealkylation sites (N-methyl/N-ethyl adjacent to an activating group) is 1. The molecular weight excluding hydrogens is 226 g/mol. The molecule has 2 aliphatic rings. The number of nitrogens with one attached hydrogen (secondary N) is 1. The third-order valence-corrected chi connectivity index (χ3v) is 4.15. The van der Waals surface area contributed by atoms with E-state index in [1.807, 2.05) is 6.07 Å². The standard InChI is InChI=1S/C14H19N3O/c1-17(13-4-2-3-11(13)15)10-5-6-12-9(7-10)8-14(18)16-12/h5-7,11,13H,2-4,8,15H2,1H3,(H,16,18). The van der Waals surface area contributed by atoms with Gasteiger partial charge in [0.1, 0.15) is 0 Å². The number of benzene rings is 1. The Labute approximate surface area is 107 Å². The predicted molar refractivity (Wildman–Crippen MR) is 72.8 cm³/mol. The first-order chi connectivity index (χ1) is 8.65. The second-order valence-electron chi connectivity index (χ2n) is 5.34. The lowest BCUT2D eigenvalue weighted by molar-refractivity contribution is -0.115. The largest absolute Gasteiger partial charge is 0.370 e. The minimum Gasteiger partial charge on any atom is -0.370 e. The average molecular weight is 245 g/mol. The first-order valence-electron chi connectivity index (χ1n) is 6.56. The minimum atomic E-state index is 0.0855. The molecule has 1 heterocycles. The molecule has 2 unspecified atom stereocenters. The molecule has 1 aromatic rings. The van der Waals surface area contributed by atoms with Gasteiger partial charge >= 0.3 is 0 Å². The fraction of sp³-hybridized carbons (Fsp3) is 0.500. The predicted octanol–water partition coefficient (Wildman–Crippen LogP) is 1.50. The third kappa shape index (κ3) is 1.86. The van der Waals surface area contributed by atoms with Crippen molar-refractivity contribution in [2.75, 3.05) is 17.3 Å². The van der Waals surface area contributed by atoms with E-state index < -0.39 is 0 Å². The summed E-state index contributed by atoms with van der Waals surface area (Å²) < 4.78 is 0. The van der Waals surface area contributed by atoms with Crippen LogP contribution in [-0.4, -0.2) is 25.0 Å². The highest BCUT2D eigenvalue weighted by Crippen LogP contribution is 2.31. The molecule has 4 nitrogen and oxygen atoms in total. The number of hydrogen-bond donors (Lipinski definition) is 2. The van der Waals surface area contributed by atoms with E-state index in [0.717, 1.165) is 29.8 Å². The van der Waals surface area contributed by atoms with Gasteiger partial charge in [-0.2, -0.15) is 0 Å². The summed E-state index contributed by atoms with van der Waals surface area (Å²) in [4.78, 5) is 13.6. The van der Waals surface area contributed by atoms with Gasteiger partial charge in [0, 0.05) is 30.5 Å². The van der Waals surface area contributed by atoms with Crippen LogP contribution in [0.15, 0.2) is 18.2 Å². The van der Waals surface area contributed by atoms with E-state index >= 15 is 0 Å². The molecule has 1 aliphatic carbocycles. The monoisotopic (exact) mass is 245 g/mol. The first-order valence-corrected chi connectivity index (χ1v) is 6.56. The van der Waals surface area contributed by atoms with Crippen LogP contribution in [0.3, 0.4) is 0 Å². The van der Waals surface area contributed by atoms with Crippen LogP contribution in [0.1, 0.15) is 24.8 Å². The van der Waals surface area contributed by atoms with E-state index in [9.17, 15) is 4.79 Å². The van der Waals surface area contributed by atoms with Gasteiger partial charge in [0.25, 0.3) is 0 Å². The SMILES string of the molecule is CN(c1ccc2c(c1)CC(=O)N2)C1CCCC1N. The second kappa shape index (κ2) is 4.28. The molecule has 4 heteroatoms. The van der Waals surface area contributed by atoms with E-state index in [4.69, 9.17) is 5.73 Å². The minimum absolute atomic E-state index is 0.0855. The zero-order valence-corrected chi connectivity index (χ0v) is 10.6. The Morgan fingerprint density at radius 2 is 2.22 bits per heavy atom. The first kappa shape index (κ1) is 11.5. The van der Waals surface area contributed by atoms with E-state index in [2.05, 4.69) is 29.4 Å². The number of nitrogens with zero attached hydrogens (tertiary/aromatic N) is 1. The van der Waals surface area contributed by atoms with E-state index in [-0.39, 0.29) is 11.9 Å². The maximum atomic E-state index is 11.3. The highest BCUT2D eigenvalue weighted by Gasteiger charge is 2.28. The molecule has 2 atom stereocenters. The summed E-state index contributed by atoms with van der Waals surface area (Å²) >= 11 is 0. The number of fused-ring (bicyclic) bond motifs is 1. The molecule has 0 radical (unpaired) electrons. The molecule has 1 aliphatic heterocycles. The molecule has 3 N–H and O–H groups in total. The van der Waals surface area contributed by atoms with Crippen molar-refractivity contribution in [2.24, 2.45) is 5.73 Å². The Bertz CT molecular complexity index is 486. The highest BCUT2D eigenvalue weighted by molar-refractivity contribution is 5.99. The number of carbonyl (C=O) groups excluding carboxylic acids is 1. The second-order valence-corrected chi connectivity index (χ2v) is 5.34. The fourth-order valence-electron chi connectivity index (χ4n) is 3.08. The Morgan fingerprint density at radius 1 is 1.39 bits per heavy atom. The summed E-state index contributed by atoms with van der Waals surface area (Å²) in [5, 5.41) is 2.86. The summed E-state index contributed by atoms with van der Waals surface area (Å²) in [5.74, 6) is 0.0855. The zero-order chi connectivity index (χ0) is 12.7. The Morgan fingerprint density at radius 3 is 2.94 bits per heavy atom. The van der Waals surface area contributed by atoms with Crippen molar-refractivity contribution in [1.29, 1.82) is 0 Å². The fourth-order valence-corrected chi connectivity index (χ4v) is 3.08. The average Bonchev–Trinajstić information content (AvgIpc) is 2.91. The topological polar surface area (TPSA) is 58.4 Å². The van der Waals surface area contributed by atoms with Crippen LogP contribution in [0.25, 0.3) is 0 Å². The number of carbonyl (C=O) groups is 1. The molecule has 3 rings (SSSR count). The Kier molecular flexibility index (Phi) is 2.74. The lowest BCUT2D eigenvalue weighted by Crippen LogP contribution is -2.42. The smallest absolute Gasteiger partial charge is 0.228 e. The van der Waals surface area contributed by atoms with Gasteiger partial charge in [-0.15, -0.1) is 0 Å². The van der Waals surface area contributed by atoms with Gasteiger partial charge < -0.3 is 16.0 Å². The molecule has 1 fully saturated rings. The van der Waals surface area contributed by atoms with Gasteiger partial charge in [-0.05, 0) is 43.0 Å². The normalized spacial score (nSPS) is 26.0. The number of hydrogen-bond acceptors (Lipinski definition) is 3. The molecule has 1 saturated carbocycles. The van der Waals surface area contributed by atoms with Crippen LogP contribution in [0.5, 0.6) is 0 Å². The maximum Gasteiger partial charge on any atom is 0.228 e. The van der Waals surface area contributed by atoms with Crippen LogP contribution in [-0.2, 0) is 11.2 Å². The molecule has 0 bridgehead atoms. The van der Waals surface area contributed by atoms with Crippen molar-refractivity contribution in [3.8, 4) is 0 Å². The van der Waals surface area contributed by atoms with Crippen molar-refractivity contribution in [1.82, 2.24) is 0 Å². The third-order valence-electron chi connectivity index (χ3n) is 4.15. The summed E-state index contributed by atoms with van der Waals surface area (Å²) in [5.41, 5.74) is 9.35. The van der Waals surface area contributed by atoms with Crippen molar-refractivity contribution >= 4 is 17.3 Å². The summed E-state index contributed by atoms with van der Waals surface area (Å²) in [6.45, 7) is 0. The molecule has 1 aromatic carbocycles. The molecule has 0 saturated heterocycles. The lowest BCUT2D eigenvalue weighted by atomic mass is 10.1. The van der Waals surface area contributed by atoms with Crippen molar-refractivity contribution in [3.63, 3.8) is 0 Å². The number of amides is 1. The quantitative estimate of drug-likeness (QED) is 0.830. The Balaban J connectivity index is 1.85. The number of rotatable bonds is 2. The van der Waals surface area contributed by atoms with Crippen LogP contribution in [0.2, 0.25) is 0 Å². The summed E-state index contributed by atoms with van der Waals surface area (Å²) in [7, 11) is 2.10. The van der Waals surface area contributed by atoms with Gasteiger partial charge in [0.15, 0.2) is 0 Å². The van der Waals surface area contributed by atoms with Gasteiger partial charge in [-0.1, -0.05) is 0 Å². The lowest BCUT2D eigenvalue weighted by Gasteiger charge is -2.30. The van der Waals surface area contributed by atoms with Crippen molar-refractivity contribution in [3.05, 3.63) is 23.8 Å². The van der Waals surface area contributed by atoms with Gasteiger partial charge in [-0.25, -0.2) is 0 Å². The zero-order valence-electron chi connectivity index (χ0n) is 10.6. The van der Waals surface area contributed by atoms with Crippen LogP contribution in [0.4, 0.5) is 11.4 Å². The molecular formula is C14H19N3O. The van der Waals surface area contributed by atoms with Crippen molar-refractivity contribution < 1.29 is 4.79 Å². The summed E-state index contributed by atoms with van der Waals surface area (Å²) in [6, 6.07) is 6.86. The van der Waals surface area contributed by atoms with Gasteiger partial charge in [0.2, 0.25) is 5.91 Å². The Hall–Kier alpha value is -1.55. The van der Waals surface area contributed by atoms with Crippen LogP contribution in [0, 0.1) is 0 Å². The number of nitrogens with two attached hydrogens (primary N) is 1. The molecule has 1 amide bonds. The summed E-state index contributed by atoms with van der Waals surface area (Å²) in [6.07, 6.45) is 3.97. The van der Waals surface area contributed by atoms with E-state index in [1.54, 1.807) is 0 Å². The maximum absolute atomic E-state index is 11.3. The molecule has 0 aromatic heterocycles. The molecule has 18 heavy (non-hydrogen) atoms.